The molecule has 1 N–H and O–H groups in total. The maximum absolute atomic E-state index is 14.3. The lowest BCUT2D eigenvalue weighted by atomic mass is 9.72. The Morgan fingerprint density at radius 3 is 1.93 bits per heavy atom. The van der Waals surface area contributed by atoms with Crippen molar-refractivity contribution in [2.75, 3.05) is 18.0 Å². The lowest BCUT2D eigenvalue weighted by molar-refractivity contribution is -0.438. The number of carbonyl (C=O) groups excluding carboxylic acids is 1. The molecular weight excluding hydrogens is 661 g/mol. The number of allylic oxidation sites excluding steroid dienone is 2. The Morgan fingerprint density at radius 2 is 1.28 bits per heavy atom. The van der Waals surface area contributed by atoms with Crippen molar-refractivity contribution in [2.24, 2.45) is 0 Å². The summed E-state index contributed by atoms with van der Waals surface area (Å²) in [6.45, 7) is 15.7. The average molecular weight is 724 g/mol. The van der Waals surface area contributed by atoms with Crippen molar-refractivity contribution in [1.29, 1.82) is 0 Å². The second-order valence-corrected chi connectivity index (χ2v) is 17.4. The van der Waals surface area contributed by atoms with Gasteiger partial charge in [0.2, 0.25) is 5.69 Å². The topological polar surface area (TPSA) is 43.5 Å². The first-order chi connectivity index (χ1) is 26.1. The monoisotopic (exact) mass is 723 g/mol. The van der Waals surface area contributed by atoms with Gasteiger partial charge in [-0.05, 0) is 65.9 Å². The number of unbranched alkanes of at least 4 members (excludes halogenated alkanes) is 10. The van der Waals surface area contributed by atoms with Crippen LogP contribution in [0.25, 0.3) is 21.5 Å². The van der Waals surface area contributed by atoms with E-state index in [1.54, 1.807) is 0 Å². The molecule has 3 aliphatic rings. The van der Waals surface area contributed by atoms with E-state index < -0.39 is 0 Å². The van der Waals surface area contributed by atoms with Crippen molar-refractivity contribution >= 4 is 44.4 Å². The van der Waals surface area contributed by atoms with Crippen LogP contribution in [0.15, 0.2) is 95.8 Å². The fraction of sp³-hybridized carbons (Fsp3) is 0.480. The van der Waals surface area contributed by atoms with Gasteiger partial charge in [-0.3, -0.25) is 4.79 Å². The highest BCUT2D eigenvalue weighted by atomic mass is 16.3. The summed E-state index contributed by atoms with van der Waals surface area (Å²) in [6.07, 6.45) is 17.4. The first kappa shape index (κ1) is 38.1. The summed E-state index contributed by atoms with van der Waals surface area (Å²) in [5, 5.41) is 16.9. The fourth-order valence-corrected chi connectivity index (χ4v) is 10.0. The smallest absolute Gasteiger partial charge is 0.210 e. The molecule has 4 aromatic rings. The Balaban J connectivity index is 1.21. The van der Waals surface area contributed by atoms with Gasteiger partial charge in [0.15, 0.2) is 11.5 Å². The van der Waals surface area contributed by atoms with Crippen LogP contribution in [0.3, 0.4) is 0 Å². The lowest BCUT2D eigenvalue weighted by Crippen LogP contribution is -2.44. The average Bonchev–Trinajstić information content (AvgIpc) is 3.53. The molecule has 0 bridgehead atoms. The molecule has 0 saturated heterocycles. The Labute approximate surface area is 324 Å². The van der Waals surface area contributed by atoms with Crippen LogP contribution in [-0.4, -0.2) is 40.3 Å². The molecule has 0 aromatic heterocycles. The van der Waals surface area contributed by atoms with E-state index in [0.29, 0.717) is 17.6 Å². The molecule has 284 valence electrons. The van der Waals surface area contributed by atoms with Gasteiger partial charge in [0.25, 0.3) is 0 Å². The van der Waals surface area contributed by atoms with Crippen molar-refractivity contribution in [2.45, 2.75) is 142 Å². The van der Waals surface area contributed by atoms with Gasteiger partial charge in [0.05, 0.1) is 11.0 Å². The van der Waals surface area contributed by atoms with Gasteiger partial charge in [-0.15, -0.1) is 0 Å². The number of rotatable bonds is 17. The number of ketones is 1. The van der Waals surface area contributed by atoms with E-state index in [0.717, 1.165) is 31.6 Å². The highest BCUT2D eigenvalue weighted by molar-refractivity contribution is 6.23. The van der Waals surface area contributed by atoms with Gasteiger partial charge in [0.1, 0.15) is 12.3 Å². The van der Waals surface area contributed by atoms with Gasteiger partial charge in [-0.1, -0.05) is 140 Å². The van der Waals surface area contributed by atoms with Gasteiger partial charge in [-0.25, -0.2) is 0 Å². The summed E-state index contributed by atoms with van der Waals surface area (Å²) < 4.78 is 2.46. The molecule has 2 aliphatic heterocycles. The van der Waals surface area contributed by atoms with E-state index in [1.807, 2.05) is 6.08 Å². The third kappa shape index (κ3) is 6.84. The normalized spacial score (nSPS) is 19.4. The maximum atomic E-state index is 14.3. The maximum Gasteiger partial charge on any atom is 0.210 e. The van der Waals surface area contributed by atoms with Crippen LogP contribution < -0.4 is 4.90 Å². The molecule has 4 nitrogen and oxygen atoms in total. The number of aliphatic hydroxyl groups is 1. The molecule has 0 spiro atoms. The third-order valence-corrected chi connectivity index (χ3v) is 13.1. The van der Waals surface area contributed by atoms with Gasteiger partial charge < -0.3 is 10.0 Å². The molecule has 1 aliphatic carbocycles. The van der Waals surface area contributed by atoms with Crippen LogP contribution in [-0.2, 0) is 15.6 Å². The first-order valence-electron chi connectivity index (χ1n) is 21.3. The number of hydrogen-bond acceptors (Lipinski definition) is 3. The van der Waals surface area contributed by atoms with Crippen molar-refractivity contribution in [3.63, 3.8) is 0 Å². The van der Waals surface area contributed by atoms with Gasteiger partial charge in [0, 0.05) is 59.8 Å². The van der Waals surface area contributed by atoms with Crippen molar-refractivity contribution in [1.82, 2.24) is 0 Å². The lowest BCUT2D eigenvalue weighted by Gasteiger charge is -2.37. The minimum Gasteiger partial charge on any atom is -0.507 e. The third-order valence-electron chi connectivity index (χ3n) is 13.1. The van der Waals surface area contributed by atoms with Crippen LogP contribution in [0.1, 0.15) is 136 Å². The van der Waals surface area contributed by atoms with E-state index in [9.17, 15) is 9.90 Å². The van der Waals surface area contributed by atoms with Crippen LogP contribution >= 0.6 is 0 Å². The molecule has 0 amide bonds. The summed E-state index contributed by atoms with van der Waals surface area (Å²) in [5.74, 6) is 0.201. The number of fused-ring (bicyclic) bond motifs is 6. The Bertz CT molecular complexity index is 2130. The fourth-order valence-electron chi connectivity index (χ4n) is 10.0. The number of nitrogens with zero attached hydrogens (tertiary/aromatic N) is 2. The molecule has 1 unspecified atom stereocenters. The van der Waals surface area contributed by atoms with E-state index in [1.165, 1.54) is 108 Å². The molecule has 4 aromatic carbocycles. The highest BCUT2D eigenvalue weighted by Crippen LogP contribution is 2.52. The number of benzene rings is 4. The van der Waals surface area contributed by atoms with E-state index in [-0.39, 0.29) is 28.4 Å². The predicted molar refractivity (Wildman–Crippen MR) is 229 cm³/mol. The highest BCUT2D eigenvalue weighted by Gasteiger charge is 2.50. The van der Waals surface area contributed by atoms with E-state index in [4.69, 9.17) is 0 Å². The Hall–Kier alpha value is -4.18. The van der Waals surface area contributed by atoms with Crippen LogP contribution in [0.2, 0.25) is 0 Å². The SMILES string of the molecule is CCCCCCCCN1c2ccc3ccccc3c2C(C)(C)C1CC1=C(O)/C(=C/C2=[N+](CCCCCCCC)c3ccc4ccccc4c3C2(C)C)C1=O. The van der Waals surface area contributed by atoms with Crippen molar-refractivity contribution in [3.8, 4) is 0 Å². The van der Waals surface area contributed by atoms with Gasteiger partial charge >= 0.3 is 0 Å². The molecule has 0 saturated carbocycles. The second kappa shape index (κ2) is 15.9. The largest absolute Gasteiger partial charge is 0.507 e. The van der Waals surface area contributed by atoms with Crippen LogP contribution in [0.5, 0.6) is 0 Å². The molecule has 4 heteroatoms. The van der Waals surface area contributed by atoms with Gasteiger partial charge in [-0.2, -0.15) is 4.58 Å². The summed E-state index contributed by atoms with van der Waals surface area (Å²) in [7, 11) is 0. The molecule has 0 fully saturated rings. The first-order valence-corrected chi connectivity index (χ1v) is 21.3. The van der Waals surface area contributed by atoms with E-state index >= 15 is 0 Å². The standard InChI is InChI=1S/C50H62N2O2/c1-7-9-11-13-15-21-31-51-41-29-27-35-23-17-19-25-37(35)45(41)49(3,4)43(51)33-39-47(53)40(48(39)54)34-44-50(5,6)46-38-26-20-18-24-36(38)28-30-42(46)52(44)32-22-16-14-12-10-8-2/h17-20,23-30,33,44H,7-16,21-22,31-32,34H2,1-6H3/p+1. The minimum atomic E-state index is -0.328. The molecule has 1 atom stereocenters. The van der Waals surface area contributed by atoms with Crippen LogP contribution in [0, 0.1) is 0 Å². The number of aliphatic hydroxyl groups excluding tert-OH is 1. The molecule has 0 radical (unpaired) electrons. The Morgan fingerprint density at radius 1 is 0.704 bits per heavy atom. The zero-order valence-electron chi connectivity index (χ0n) is 33.9. The summed E-state index contributed by atoms with van der Waals surface area (Å²) >= 11 is 0. The quantitative estimate of drug-likeness (QED) is 0.0670. The number of anilines is 1. The number of carbonyl (C=O) groups is 1. The molecule has 54 heavy (non-hydrogen) atoms. The zero-order valence-corrected chi connectivity index (χ0v) is 33.9. The zero-order chi connectivity index (χ0) is 38.0. The minimum absolute atomic E-state index is 0.00672. The van der Waals surface area contributed by atoms with Crippen LogP contribution in [0.4, 0.5) is 11.4 Å². The van der Waals surface area contributed by atoms with E-state index in [2.05, 4.69) is 124 Å². The molecule has 2 heterocycles. The number of Topliss-reactive ketones (excluding diaryl/α,β-unsaturated/α-hetero) is 1. The second-order valence-electron chi connectivity index (χ2n) is 17.4. The summed E-state index contributed by atoms with van der Waals surface area (Å²) in [4.78, 5) is 16.9. The van der Waals surface area contributed by atoms with Crippen molar-refractivity contribution < 1.29 is 14.5 Å². The Kier molecular flexibility index (Phi) is 11.2. The molecule has 7 rings (SSSR count). The number of hydrogen-bond donors (Lipinski definition) is 1. The molecular formula is C50H63N2O2+. The van der Waals surface area contributed by atoms with Crippen molar-refractivity contribution in [3.05, 3.63) is 107 Å². The summed E-state index contributed by atoms with van der Waals surface area (Å²) in [5.41, 5.74) is 6.85. The summed E-state index contributed by atoms with van der Waals surface area (Å²) in [6, 6.07) is 26.5. The predicted octanol–water partition coefficient (Wildman–Crippen LogP) is 13.0.